The first kappa shape index (κ1) is 14.1. The van der Waals surface area contributed by atoms with Gasteiger partial charge in [0.2, 0.25) is 0 Å². The van der Waals surface area contributed by atoms with Gasteiger partial charge in [-0.15, -0.1) is 0 Å². The predicted molar refractivity (Wildman–Crippen MR) is 78.5 cm³/mol. The molecule has 2 rings (SSSR count). The molecule has 2 atom stereocenters. The summed E-state index contributed by atoms with van der Waals surface area (Å²) in [7, 11) is 0. The fourth-order valence-electron chi connectivity index (χ4n) is 2.54. The number of nitrogens with zero attached hydrogens (tertiary/aromatic N) is 2. The molecule has 0 bridgehead atoms. The van der Waals surface area contributed by atoms with Crippen LogP contribution in [0.3, 0.4) is 0 Å². The minimum atomic E-state index is 0.0604. The first-order chi connectivity index (χ1) is 9.26. The van der Waals surface area contributed by atoms with Crippen molar-refractivity contribution in [2.75, 3.05) is 6.26 Å². The number of hydrogen-bond donors (Lipinski definition) is 3. The van der Waals surface area contributed by atoms with Gasteiger partial charge in [-0.05, 0) is 30.7 Å². The van der Waals surface area contributed by atoms with Gasteiger partial charge in [-0.25, -0.2) is 0 Å². The molecule has 0 aliphatic heterocycles. The van der Waals surface area contributed by atoms with E-state index in [9.17, 15) is 0 Å². The summed E-state index contributed by atoms with van der Waals surface area (Å²) in [6, 6.07) is 4.36. The molecule has 0 radical (unpaired) electrons. The van der Waals surface area contributed by atoms with Crippen molar-refractivity contribution in [1.29, 1.82) is 0 Å². The molecule has 1 aromatic heterocycles. The van der Waals surface area contributed by atoms with Gasteiger partial charge in [-0.2, -0.15) is 11.8 Å². The van der Waals surface area contributed by atoms with E-state index in [1.165, 1.54) is 19.3 Å². The zero-order valence-corrected chi connectivity index (χ0v) is 11.9. The highest BCUT2D eigenvalue weighted by molar-refractivity contribution is 7.99. The second kappa shape index (κ2) is 6.77. The Balaban J connectivity index is 2.03. The van der Waals surface area contributed by atoms with Crippen LogP contribution in [-0.4, -0.2) is 33.6 Å². The van der Waals surface area contributed by atoms with Crippen LogP contribution in [0, 0.1) is 0 Å². The molecule has 19 heavy (non-hydrogen) atoms. The molecule has 5 nitrogen and oxygen atoms in total. The number of oxime groups is 1. The lowest BCUT2D eigenvalue weighted by molar-refractivity contribution is 0.318. The van der Waals surface area contributed by atoms with Crippen LogP contribution in [-0.2, 0) is 6.54 Å². The molecule has 4 N–H and O–H groups in total. The average molecular weight is 280 g/mol. The van der Waals surface area contributed by atoms with Crippen LogP contribution in [0.2, 0.25) is 0 Å². The van der Waals surface area contributed by atoms with E-state index in [0.717, 1.165) is 5.56 Å². The lowest BCUT2D eigenvalue weighted by Crippen LogP contribution is -2.34. The first-order valence-electron chi connectivity index (χ1n) is 6.44. The molecule has 1 aromatic rings. The molecule has 0 amide bonds. The Hall–Kier alpha value is -1.27. The van der Waals surface area contributed by atoms with Crippen LogP contribution in [0.25, 0.3) is 0 Å². The van der Waals surface area contributed by atoms with Crippen molar-refractivity contribution in [3.05, 3.63) is 29.6 Å². The van der Waals surface area contributed by atoms with Crippen molar-refractivity contribution in [2.24, 2.45) is 10.9 Å². The van der Waals surface area contributed by atoms with E-state index >= 15 is 0 Å². The molecular weight excluding hydrogens is 260 g/mol. The number of aromatic nitrogens is 1. The van der Waals surface area contributed by atoms with Crippen LogP contribution < -0.4 is 11.1 Å². The second-order valence-electron chi connectivity index (χ2n) is 4.69. The summed E-state index contributed by atoms with van der Waals surface area (Å²) in [4.78, 5) is 4.17. The van der Waals surface area contributed by atoms with Crippen LogP contribution in [0.15, 0.2) is 23.5 Å². The van der Waals surface area contributed by atoms with Gasteiger partial charge in [0.1, 0.15) is 5.69 Å². The largest absolute Gasteiger partial charge is 0.409 e. The van der Waals surface area contributed by atoms with Gasteiger partial charge < -0.3 is 16.3 Å². The van der Waals surface area contributed by atoms with E-state index < -0.39 is 0 Å². The van der Waals surface area contributed by atoms with Crippen LogP contribution >= 0.6 is 11.8 Å². The summed E-state index contributed by atoms with van der Waals surface area (Å²) in [6.07, 6.45) is 7.58. The quantitative estimate of drug-likeness (QED) is 0.330. The van der Waals surface area contributed by atoms with Crippen LogP contribution in [0.5, 0.6) is 0 Å². The lowest BCUT2D eigenvalue weighted by Gasteiger charge is -2.19. The number of rotatable bonds is 5. The number of nitrogens with one attached hydrogen (secondary N) is 1. The van der Waals surface area contributed by atoms with Crippen molar-refractivity contribution in [3.63, 3.8) is 0 Å². The topological polar surface area (TPSA) is 83.5 Å². The number of hydrogen-bond acceptors (Lipinski definition) is 5. The Bertz CT molecular complexity index is 452. The molecule has 0 aromatic carbocycles. The molecule has 6 heteroatoms. The SMILES string of the molecule is CSC1CCCC1NCc1cccnc1/C(N)=N/O. The fraction of sp³-hybridized carbons (Fsp3) is 0.538. The van der Waals surface area contributed by atoms with E-state index in [0.29, 0.717) is 23.5 Å². The molecular formula is C13H20N4OS. The maximum absolute atomic E-state index is 8.77. The molecule has 104 valence electrons. The standard InChI is InChI=1S/C13H20N4OS/c1-19-11-6-2-5-10(11)16-8-9-4-3-7-15-12(9)13(14)17-18/h3-4,7,10-11,16,18H,2,5-6,8H2,1H3,(H2,14,17). The Kier molecular flexibility index (Phi) is 5.04. The van der Waals surface area contributed by atoms with Gasteiger partial charge in [-0.1, -0.05) is 17.6 Å². The minimum absolute atomic E-state index is 0.0604. The van der Waals surface area contributed by atoms with E-state index in [1.807, 2.05) is 23.9 Å². The third-order valence-corrected chi connectivity index (χ3v) is 4.72. The van der Waals surface area contributed by atoms with E-state index in [4.69, 9.17) is 10.9 Å². The van der Waals surface area contributed by atoms with Gasteiger partial charge in [0.05, 0.1) is 0 Å². The summed E-state index contributed by atoms with van der Waals surface area (Å²) >= 11 is 1.92. The molecule has 1 heterocycles. The second-order valence-corrected chi connectivity index (χ2v) is 5.77. The molecule has 1 aliphatic rings. The molecule has 1 fully saturated rings. The van der Waals surface area contributed by atoms with E-state index in [1.54, 1.807) is 6.20 Å². The number of amidine groups is 1. The van der Waals surface area contributed by atoms with Crippen molar-refractivity contribution in [2.45, 2.75) is 37.1 Å². The smallest absolute Gasteiger partial charge is 0.189 e. The molecule has 2 unspecified atom stereocenters. The highest BCUT2D eigenvalue weighted by Gasteiger charge is 2.26. The predicted octanol–water partition coefficient (Wildman–Crippen LogP) is 1.55. The number of nitrogens with two attached hydrogens (primary N) is 1. The summed E-state index contributed by atoms with van der Waals surface area (Å²) in [5, 5.41) is 16.1. The fourth-order valence-corrected chi connectivity index (χ4v) is 3.51. The third kappa shape index (κ3) is 3.39. The number of thioether (sulfide) groups is 1. The Morgan fingerprint density at radius 3 is 3.21 bits per heavy atom. The molecule has 0 spiro atoms. The average Bonchev–Trinajstić information content (AvgIpc) is 2.92. The summed E-state index contributed by atoms with van der Waals surface area (Å²) in [6.45, 7) is 0.696. The van der Waals surface area contributed by atoms with Crippen molar-refractivity contribution in [1.82, 2.24) is 10.3 Å². The van der Waals surface area contributed by atoms with Crippen molar-refractivity contribution >= 4 is 17.6 Å². The highest BCUT2D eigenvalue weighted by atomic mass is 32.2. The maximum Gasteiger partial charge on any atom is 0.189 e. The van der Waals surface area contributed by atoms with Crippen LogP contribution in [0.1, 0.15) is 30.5 Å². The van der Waals surface area contributed by atoms with Gasteiger partial charge >= 0.3 is 0 Å². The number of pyridine rings is 1. The molecule has 1 aliphatic carbocycles. The third-order valence-electron chi connectivity index (χ3n) is 3.55. The Morgan fingerprint density at radius 2 is 2.47 bits per heavy atom. The van der Waals surface area contributed by atoms with E-state index in [2.05, 4.69) is 21.7 Å². The lowest BCUT2D eigenvalue weighted by atomic mass is 10.1. The van der Waals surface area contributed by atoms with Crippen LogP contribution in [0.4, 0.5) is 0 Å². The van der Waals surface area contributed by atoms with Crippen molar-refractivity contribution in [3.8, 4) is 0 Å². The van der Waals surface area contributed by atoms with Gasteiger partial charge in [0.25, 0.3) is 0 Å². The summed E-state index contributed by atoms with van der Waals surface area (Å²) in [5.74, 6) is 0.0604. The Morgan fingerprint density at radius 1 is 1.63 bits per heavy atom. The van der Waals surface area contributed by atoms with Gasteiger partial charge in [0.15, 0.2) is 5.84 Å². The molecule has 1 saturated carbocycles. The highest BCUT2D eigenvalue weighted by Crippen LogP contribution is 2.28. The monoisotopic (exact) mass is 280 g/mol. The molecule has 0 saturated heterocycles. The van der Waals surface area contributed by atoms with Gasteiger partial charge in [-0.3, -0.25) is 4.98 Å². The minimum Gasteiger partial charge on any atom is -0.409 e. The van der Waals surface area contributed by atoms with Gasteiger partial charge in [0, 0.05) is 24.0 Å². The zero-order valence-electron chi connectivity index (χ0n) is 11.0. The van der Waals surface area contributed by atoms with E-state index in [-0.39, 0.29) is 5.84 Å². The first-order valence-corrected chi connectivity index (χ1v) is 7.73. The Labute approximate surface area is 117 Å². The summed E-state index contributed by atoms with van der Waals surface area (Å²) < 4.78 is 0. The normalized spacial score (nSPS) is 23.7. The maximum atomic E-state index is 8.77. The zero-order chi connectivity index (χ0) is 13.7. The summed E-state index contributed by atoms with van der Waals surface area (Å²) in [5.41, 5.74) is 7.15. The van der Waals surface area contributed by atoms with Crippen molar-refractivity contribution < 1.29 is 5.21 Å².